The van der Waals surface area contributed by atoms with Gasteiger partial charge in [-0.25, -0.2) is 9.36 Å². The fourth-order valence-electron chi connectivity index (χ4n) is 3.03. The van der Waals surface area contributed by atoms with E-state index < -0.39 is 22.1 Å². The van der Waals surface area contributed by atoms with Gasteiger partial charge < -0.3 is 5.32 Å². The summed E-state index contributed by atoms with van der Waals surface area (Å²) in [5.41, 5.74) is -1.48. The number of non-ortho nitro benzene ring substituents is 1. The van der Waals surface area contributed by atoms with E-state index in [2.05, 4.69) is 5.32 Å². The highest BCUT2D eigenvalue weighted by molar-refractivity contribution is 6.31. The Kier molecular flexibility index (Phi) is 6.02. The van der Waals surface area contributed by atoms with Crippen LogP contribution < -0.4 is 16.6 Å². The van der Waals surface area contributed by atoms with Gasteiger partial charge in [-0.05, 0) is 37.6 Å². The predicted octanol–water partition coefficient (Wildman–Crippen LogP) is 2.63. The first kappa shape index (κ1) is 21.3. The number of nitro groups is 1. The first-order valence-corrected chi connectivity index (χ1v) is 9.60. The van der Waals surface area contributed by atoms with Crippen molar-refractivity contribution in [2.24, 2.45) is 0 Å². The van der Waals surface area contributed by atoms with Crippen LogP contribution in [-0.2, 0) is 11.3 Å². The molecule has 1 amide bonds. The van der Waals surface area contributed by atoms with Crippen molar-refractivity contribution in [2.45, 2.75) is 32.9 Å². The second-order valence-corrected chi connectivity index (χ2v) is 7.26. The van der Waals surface area contributed by atoms with Crippen LogP contribution in [0.3, 0.4) is 0 Å². The Morgan fingerprint density at radius 1 is 1.23 bits per heavy atom. The molecule has 0 saturated heterocycles. The molecule has 0 saturated carbocycles. The molecule has 0 spiro atoms. The van der Waals surface area contributed by atoms with Crippen LogP contribution in [0.15, 0.2) is 52.1 Å². The molecule has 0 aliphatic carbocycles. The molecule has 0 bridgehead atoms. The van der Waals surface area contributed by atoms with E-state index in [9.17, 15) is 24.5 Å². The lowest BCUT2D eigenvalue weighted by Gasteiger charge is -2.16. The van der Waals surface area contributed by atoms with E-state index >= 15 is 0 Å². The maximum Gasteiger partial charge on any atom is 0.336 e. The Morgan fingerprint density at radius 2 is 1.97 bits per heavy atom. The van der Waals surface area contributed by atoms with Crippen LogP contribution in [0.5, 0.6) is 0 Å². The largest absolute Gasteiger partial charge is 0.352 e. The Bertz CT molecular complexity index is 1260. The number of carbonyl (C=O) groups is 1. The maximum atomic E-state index is 13.2. The number of hydrogen-bond donors (Lipinski definition) is 1. The number of rotatable bonds is 6. The fourth-order valence-corrected chi connectivity index (χ4v) is 3.20. The molecule has 30 heavy (non-hydrogen) atoms. The van der Waals surface area contributed by atoms with E-state index in [4.69, 9.17) is 11.6 Å². The molecule has 1 N–H and O–H groups in total. The van der Waals surface area contributed by atoms with Crippen LogP contribution in [0.4, 0.5) is 5.69 Å². The SMILES string of the molecule is CC[C@@H](C)NC(=O)Cn1c(=O)n(-c2cccc([N+](=O)[O-])c2)c(=O)c2ccc(Cl)cc21. The summed E-state index contributed by atoms with van der Waals surface area (Å²) in [5, 5.41) is 14.3. The van der Waals surface area contributed by atoms with Crippen molar-refractivity contribution in [1.82, 2.24) is 14.5 Å². The van der Waals surface area contributed by atoms with Crippen molar-refractivity contribution in [2.75, 3.05) is 0 Å². The molecule has 3 rings (SSSR count). The summed E-state index contributed by atoms with van der Waals surface area (Å²) < 4.78 is 1.96. The van der Waals surface area contributed by atoms with Crippen molar-refractivity contribution in [3.63, 3.8) is 0 Å². The molecule has 0 aliphatic heterocycles. The van der Waals surface area contributed by atoms with Gasteiger partial charge in [0.15, 0.2) is 0 Å². The molecule has 0 fully saturated rings. The highest BCUT2D eigenvalue weighted by atomic mass is 35.5. The van der Waals surface area contributed by atoms with Gasteiger partial charge in [0.25, 0.3) is 11.2 Å². The lowest BCUT2D eigenvalue weighted by atomic mass is 10.2. The van der Waals surface area contributed by atoms with Crippen LogP contribution in [0, 0.1) is 10.1 Å². The number of halogens is 1. The summed E-state index contributed by atoms with van der Waals surface area (Å²) in [6, 6.07) is 9.49. The molecule has 0 unspecified atom stereocenters. The Balaban J connectivity index is 2.27. The first-order valence-electron chi connectivity index (χ1n) is 9.22. The molecular formula is C20H19ClN4O5. The van der Waals surface area contributed by atoms with Gasteiger partial charge in [0.1, 0.15) is 6.54 Å². The summed E-state index contributed by atoms with van der Waals surface area (Å²) in [4.78, 5) is 49.2. The van der Waals surface area contributed by atoms with Crippen LogP contribution in [0.25, 0.3) is 16.6 Å². The number of hydrogen-bond acceptors (Lipinski definition) is 5. The number of nitro benzene ring substituents is 1. The van der Waals surface area contributed by atoms with Crippen molar-refractivity contribution in [1.29, 1.82) is 0 Å². The zero-order valence-corrected chi connectivity index (χ0v) is 17.0. The molecular weight excluding hydrogens is 412 g/mol. The van der Waals surface area contributed by atoms with Gasteiger partial charge in [-0.1, -0.05) is 24.6 Å². The average Bonchev–Trinajstić information content (AvgIpc) is 2.71. The minimum atomic E-state index is -0.797. The van der Waals surface area contributed by atoms with Crippen LogP contribution in [0.2, 0.25) is 5.02 Å². The molecule has 3 aromatic rings. The lowest BCUT2D eigenvalue weighted by Crippen LogP contribution is -2.43. The zero-order valence-electron chi connectivity index (χ0n) is 16.3. The van der Waals surface area contributed by atoms with Crippen LogP contribution in [0.1, 0.15) is 20.3 Å². The highest BCUT2D eigenvalue weighted by Crippen LogP contribution is 2.18. The summed E-state index contributed by atoms with van der Waals surface area (Å²) in [7, 11) is 0. The Hall–Kier alpha value is -3.46. The monoisotopic (exact) mass is 430 g/mol. The minimum Gasteiger partial charge on any atom is -0.352 e. The number of aromatic nitrogens is 2. The maximum absolute atomic E-state index is 13.2. The average molecular weight is 431 g/mol. The number of fused-ring (bicyclic) bond motifs is 1. The van der Waals surface area contributed by atoms with Crippen molar-refractivity contribution in [3.05, 3.63) is 78.4 Å². The second-order valence-electron chi connectivity index (χ2n) is 6.82. The van der Waals surface area contributed by atoms with Gasteiger partial charge in [0.2, 0.25) is 5.91 Å². The first-order chi connectivity index (χ1) is 14.2. The van der Waals surface area contributed by atoms with Gasteiger partial charge in [0.05, 0.1) is 21.5 Å². The zero-order chi connectivity index (χ0) is 22.0. The summed E-state index contributed by atoms with van der Waals surface area (Å²) in [6.07, 6.45) is 0.709. The van der Waals surface area contributed by atoms with Crippen LogP contribution >= 0.6 is 11.6 Å². The van der Waals surface area contributed by atoms with Gasteiger partial charge in [0, 0.05) is 23.2 Å². The quantitative estimate of drug-likeness (QED) is 0.476. The van der Waals surface area contributed by atoms with E-state index in [-0.39, 0.29) is 34.9 Å². The molecule has 1 aromatic heterocycles. The van der Waals surface area contributed by atoms with Gasteiger partial charge in [-0.2, -0.15) is 0 Å². The number of amides is 1. The van der Waals surface area contributed by atoms with Gasteiger partial charge in [-0.3, -0.25) is 24.3 Å². The molecule has 1 heterocycles. The van der Waals surface area contributed by atoms with Crippen molar-refractivity contribution >= 4 is 34.1 Å². The standard InChI is InChI=1S/C20H19ClN4O5/c1-3-12(2)22-18(26)11-23-17-9-13(21)7-8-16(17)19(27)24(20(23)28)14-5-4-6-15(10-14)25(29)30/h4-10,12H,3,11H2,1-2H3,(H,22,26)/t12-/m1/s1. The minimum absolute atomic E-state index is 0.0344. The van der Waals surface area contributed by atoms with Crippen molar-refractivity contribution < 1.29 is 9.72 Å². The van der Waals surface area contributed by atoms with E-state index in [0.29, 0.717) is 11.4 Å². The molecule has 2 aromatic carbocycles. The number of nitrogens with zero attached hydrogens (tertiary/aromatic N) is 3. The third-order valence-electron chi connectivity index (χ3n) is 4.73. The molecule has 1 atom stereocenters. The summed E-state index contributed by atoms with van der Waals surface area (Å²) in [6.45, 7) is 3.41. The molecule has 10 heteroatoms. The number of carbonyl (C=O) groups excluding carboxylic acids is 1. The molecule has 0 aliphatic rings. The summed E-state index contributed by atoms with van der Waals surface area (Å²) in [5.74, 6) is -0.406. The van der Waals surface area contributed by atoms with E-state index in [1.807, 2.05) is 13.8 Å². The summed E-state index contributed by atoms with van der Waals surface area (Å²) >= 11 is 6.05. The van der Waals surface area contributed by atoms with Crippen molar-refractivity contribution in [3.8, 4) is 5.69 Å². The second kappa shape index (κ2) is 8.50. The number of nitrogens with one attached hydrogen (secondary N) is 1. The van der Waals surface area contributed by atoms with E-state index in [1.165, 1.54) is 36.4 Å². The number of benzene rings is 2. The smallest absolute Gasteiger partial charge is 0.336 e. The third kappa shape index (κ3) is 4.11. The van der Waals surface area contributed by atoms with E-state index in [0.717, 1.165) is 15.2 Å². The fraction of sp³-hybridized carbons (Fsp3) is 0.250. The van der Waals surface area contributed by atoms with E-state index in [1.54, 1.807) is 0 Å². The Morgan fingerprint density at radius 3 is 2.63 bits per heavy atom. The van der Waals surface area contributed by atoms with Crippen LogP contribution in [-0.4, -0.2) is 26.0 Å². The predicted molar refractivity (Wildman–Crippen MR) is 113 cm³/mol. The third-order valence-corrected chi connectivity index (χ3v) is 4.96. The van der Waals surface area contributed by atoms with Gasteiger partial charge in [-0.15, -0.1) is 0 Å². The van der Waals surface area contributed by atoms with Gasteiger partial charge >= 0.3 is 5.69 Å². The molecule has 156 valence electrons. The lowest BCUT2D eigenvalue weighted by molar-refractivity contribution is -0.384. The Labute approximate surface area is 175 Å². The normalized spacial score (nSPS) is 12.0. The molecule has 9 nitrogen and oxygen atoms in total. The highest BCUT2D eigenvalue weighted by Gasteiger charge is 2.19. The molecule has 0 radical (unpaired) electrons. The topological polar surface area (TPSA) is 116 Å².